The number of nitrogens with zero attached hydrogens (tertiary/aromatic N) is 2. The second-order valence-corrected chi connectivity index (χ2v) is 10.5. The quantitative estimate of drug-likeness (QED) is 0.232. The van der Waals surface area contributed by atoms with Crippen LogP contribution in [-0.4, -0.2) is 50.6 Å². The van der Waals surface area contributed by atoms with Crippen molar-refractivity contribution in [2.24, 2.45) is 5.41 Å². The van der Waals surface area contributed by atoms with E-state index in [0.717, 1.165) is 4.57 Å². The third-order valence-corrected chi connectivity index (χ3v) is 6.55. The largest absolute Gasteiger partial charge is 0.496 e. The Kier molecular flexibility index (Phi) is 8.36. The zero-order valence-corrected chi connectivity index (χ0v) is 21.8. The van der Waals surface area contributed by atoms with Crippen molar-refractivity contribution in [3.8, 4) is 5.75 Å². The first-order valence-corrected chi connectivity index (χ1v) is 11.9. The van der Waals surface area contributed by atoms with Gasteiger partial charge in [0.15, 0.2) is 0 Å². The Morgan fingerprint density at radius 2 is 2.06 bits per heavy atom. The second kappa shape index (κ2) is 10.7. The van der Waals surface area contributed by atoms with Gasteiger partial charge in [0, 0.05) is 18.7 Å². The summed E-state index contributed by atoms with van der Waals surface area (Å²) in [7, 11) is 1.46. The van der Waals surface area contributed by atoms with E-state index in [2.05, 4.69) is 4.98 Å². The van der Waals surface area contributed by atoms with E-state index in [1.807, 2.05) is 43.4 Å². The summed E-state index contributed by atoms with van der Waals surface area (Å²) < 4.78 is 18.6. The Hall–Kier alpha value is -2.33. The normalized spacial score (nSPS) is 21.2. The van der Waals surface area contributed by atoms with E-state index in [9.17, 15) is 29.9 Å². The van der Waals surface area contributed by atoms with Crippen molar-refractivity contribution in [1.29, 1.82) is 0 Å². The van der Waals surface area contributed by atoms with Crippen molar-refractivity contribution in [2.45, 2.75) is 58.3 Å². The monoisotopic (exact) mass is 605 g/mol. The predicted octanol–water partition coefficient (Wildman–Crippen LogP) is 2.00. The molecule has 1 aliphatic rings. The lowest BCUT2D eigenvalue weighted by atomic mass is 9.83. The number of aliphatic hydroxyl groups excluding tert-OH is 2. The van der Waals surface area contributed by atoms with Crippen molar-refractivity contribution in [3.63, 3.8) is 0 Å². The molecule has 13 heteroatoms. The molecule has 0 saturated carbocycles. The number of aromatic amines is 1. The maximum atomic E-state index is 12.5. The highest BCUT2D eigenvalue weighted by molar-refractivity contribution is 14.1. The number of halogens is 1. The van der Waals surface area contributed by atoms with Crippen LogP contribution in [-0.2, 0) is 16.1 Å². The highest BCUT2D eigenvalue weighted by Crippen LogP contribution is 2.43. The fourth-order valence-corrected chi connectivity index (χ4v) is 4.63. The van der Waals surface area contributed by atoms with Gasteiger partial charge in [-0.2, -0.15) is 0 Å². The molecule has 192 valence electrons. The molecule has 0 spiro atoms. The number of nitrogens with one attached hydrogen (secondary N) is 1. The van der Waals surface area contributed by atoms with E-state index >= 15 is 0 Å². The molecule has 1 fully saturated rings. The summed E-state index contributed by atoms with van der Waals surface area (Å²) in [6, 6.07) is 2.97. The fourth-order valence-electron chi connectivity index (χ4n) is 3.96. The molecule has 2 heterocycles. The first-order valence-electron chi connectivity index (χ1n) is 10.8. The van der Waals surface area contributed by atoms with Gasteiger partial charge in [-0.05, 0) is 34.1 Å². The van der Waals surface area contributed by atoms with E-state index < -0.39 is 52.7 Å². The third-order valence-electron chi connectivity index (χ3n) is 5.71. The van der Waals surface area contributed by atoms with Gasteiger partial charge in [-0.1, -0.05) is 20.8 Å². The molecule has 3 rings (SSSR count). The van der Waals surface area contributed by atoms with E-state index in [4.69, 9.17) is 14.2 Å². The molecule has 35 heavy (non-hydrogen) atoms. The number of nitro groups is 1. The molecule has 2 aromatic rings. The number of ether oxygens (including phenoxy) is 3. The summed E-state index contributed by atoms with van der Waals surface area (Å²) in [6.45, 7) is 4.86. The van der Waals surface area contributed by atoms with Crippen LogP contribution >= 0.6 is 22.6 Å². The number of aromatic nitrogens is 2. The number of H-pyrrole nitrogens is 1. The Balaban J connectivity index is 1.97. The SMILES string of the molecule is COc1cc([C@@H](OCc2cn([C@H]3C[C@@H](O)[C@@H](CO)O3)c(=O)[nH]c2=O)C(C)(C)C)c([N+](=O)[O-])cc1I. The summed E-state index contributed by atoms with van der Waals surface area (Å²) in [4.78, 5) is 38.4. The van der Waals surface area contributed by atoms with Gasteiger partial charge in [0.05, 0.1) is 52.2 Å². The first-order chi connectivity index (χ1) is 16.4. The Labute approximate surface area is 214 Å². The number of aliphatic hydroxyl groups is 2. The molecule has 0 bridgehead atoms. The summed E-state index contributed by atoms with van der Waals surface area (Å²) in [5.41, 5.74) is -1.79. The van der Waals surface area contributed by atoms with Gasteiger partial charge in [0.1, 0.15) is 18.1 Å². The molecule has 0 aliphatic carbocycles. The van der Waals surface area contributed by atoms with Crippen LogP contribution in [0.5, 0.6) is 5.75 Å². The fraction of sp³-hybridized carbons (Fsp3) is 0.545. The van der Waals surface area contributed by atoms with E-state index in [1.54, 1.807) is 6.07 Å². The standard InChI is InChI=1S/C22H28IN3O9/c1-22(2,3)19(12-5-16(33-4)13(23)6-14(12)26(31)32)34-10-11-8-25(21(30)24-20(11)29)18-7-15(28)17(9-27)35-18/h5-6,8,15,17-19,27-28H,7,9-10H2,1-4H3,(H,24,29,30)/t15-,17-,18-,19-/m1/s1. The smallest absolute Gasteiger partial charge is 0.330 e. The molecule has 0 unspecified atom stereocenters. The van der Waals surface area contributed by atoms with Crippen LogP contribution in [0.2, 0.25) is 0 Å². The predicted molar refractivity (Wildman–Crippen MR) is 132 cm³/mol. The van der Waals surface area contributed by atoms with Gasteiger partial charge in [-0.3, -0.25) is 24.5 Å². The molecule has 12 nitrogen and oxygen atoms in total. The van der Waals surface area contributed by atoms with Crippen LogP contribution in [0, 0.1) is 19.1 Å². The summed E-state index contributed by atoms with van der Waals surface area (Å²) in [6.07, 6.45) is -2.18. The van der Waals surface area contributed by atoms with Crippen LogP contribution in [0.3, 0.4) is 0 Å². The third kappa shape index (κ3) is 5.91. The maximum absolute atomic E-state index is 12.5. The number of hydrogen-bond donors (Lipinski definition) is 3. The molecule has 1 aromatic carbocycles. The van der Waals surface area contributed by atoms with Crippen molar-refractivity contribution in [3.05, 3.63) is 64.0 Å². The lowest BCUT2D eigenvalue weighted by Crippen LogP contribution is -2.35. The Morgan fingerprint density at radius 3 is 2.60 bits per heavy atom. The van der Waals surface area contributed by atoms with Crippen LogP contribution in [0.1, 0.15) is 50.7 Å². The zero-order valence-electron chi connectivity index (χ0n) is 19.7. The second-order valence-electron chi connectivity index (χ2n) is 9.30. The van der Waals surface area contributed by atoms with E-state index in [-0.39, 0.29) is 29.8 Å². The molecular formula is C22H28IN3O9. The average Bonchev–Trinajstić information content (AvgIpc) is 3.14. The molecule has 1 saturated heterocycles. The van der Waals surface area contributed by atoms with Crippen LogP contribution in [0.4, 0.5) is 5.69 Å². The number of benzene rings is 1. The number of nitro benzene ring substituents is 1. The number of hydrogen-bond acceptors (Lipinski definition) is 9. The lowest BCUT2D eigenvalue weighted by Gasteiger charge is -2.31. The van der Waals surface area contributed by atoms with E-state index in [0.29, 0.717) is 9.32 Å². The highest BCUT2D eigenvalue weighted by Gasteiger charge is 2.36. The lowest BCUT2D eigenvalue weighted by molar-refractivity contribution is -0.386. The minimum Gasteiger partial charge on any atom is -0.496 e. The van der Waals surface area contributed by atoms with Crippen LogP contribution < -0.4 is 16.0 Å². The minimum atomic E-state index is -0.967. The van der Waals surface area contributed by atoms with Gasteiger partial charge in [-0.25, -0.2) is 4.79 Å². The van der Waals surface area contributed by atoms with Gasteiger partial charge in [0.2, 0.25) is 0 Å². The van der Waals surface area contributed by atoms with Crippen LogP contribution in [0.25, 0.3) is 0 Å². The molecule has 3 N–H and O–H groups in total. The first kappa shape index (κ1) is 27.3. The topological polar surface area (TPSA) is 166 Å². The van der Waals surface area contributed by atoms with Gasteiger partial charge < -0.3 is 24.4 Å². The van der Waals surface area contributed by atoms with Gasteiger partial charge >= 0.3 is 5.69 Å². The molecule has 0 radical (unpaired) electrons. The van der Waals surface area contributed by atoms with Gasteiger partial charge in [0.25, 0.3) is 11.2 Å². The summed E-state index contributed by atoms with van der Waals surface area (Å²) in [5.74, 6) is 0.450. The molecule has 4 atom stereocenters. The summed E-state index contributed by atoms with van der Waals surface area (Å²) in [5, 5.41) is 31.1. The van der Waals surface area contributed by atoms with Crippen molar-refractivity contribution in [2.75, 3.05) is 13.7 Å². The zero-order chi connectivity index (χ0) is 26.1. The Morgan fingerprint density at radius 1 is 1.37 bits per heavy atom. The maximum Gasteiger partial charge on any atom is 0.330 e. The van der Waals surface area contributed by atoms with Crippen molar-refractivity contribution < 1.29 is 29.3 Å². The number of methoxy groups -OCH3 is 1. The van der Waals surface area contributed by atoms with Crippen molar-refractivity contribution in [1.82, 2.24) is 9.55 Å². The summed E-state index contributed by atoms with van der Waals surface area (Å²) >= 11 is 1.95. The molecule has 0 amide bonds. The molecule has 1 aliphatic heterocycles. The molecular weight excluding hydrogens is 577 g/mol. The highest BCUT2D eigenvalue weighted by atomic mass is 127. The number of rotatable bonds is 8. The molecule has 1 aromatic heterocycles. The minimum absolute atomic E-state index is 0.0523. The van der Waals surface area contributed by atoms with Gasteiger partial charge in [-0.15, -0.1) is 0 Å². The Bertz CT molecular complexity index is 1200. The van der Waals surface area contributed by atoms with Crippen molar-refractivity contribution >= 4 is 28.3 Å². The van der Waals surface area contributed by atoms with Crippen LogP contribution in [0.15, 0.2) is 27.9 Å². The average molecular weight is 605 g/mol. The van der Waals surface area contributed by atoms with E-state index in [1.165, 1.54) is 19.4 Å².